The van der Waals surface area contributed by atoms with Crippen molar-refractivity contribution < 1.29 is 14.6 Å². The molecule has 0 bridgehead atoms. The second-order valence-electron chi connectivity index (χ2n) is 3.72. The fraction of sp³-hybridized carbons (Fsp3) is 0.0714. The highest BCUT2D eigenvalue weighted by atomic mass is 127. The van der Waals surface area contributed by atoms with Crippen molar-refractivity contribution >= 4 is 40.3 Å². The Bertz CT molecular complexity index is 596. The molecule has 5 heteroatoms. The van der Waals surface area contributed by atoms with Gasteiger partial charge in [0, 0.05) is 13.4 Å². The minimum atomic E-state index is -0.984. The molecule has 0 aliphatic rings. The van der Waals surface area contributed by atoms with Gasteiger partial charge in [-0.1, -0.05) is 11.8 Å². The van der Waals surface area contributed by atoms with E-state index in [0.29, 0.717) is 5.75 Å². The molecule has 0 atom stereocenters. The molecule has 0 spiro atoms. The van der Waals surface area contributed by atoms with E-state index in [1.165, 1.54) is 10.7 Å². The van der Waals surface area contributed by atoms with E-state index in [-0.39, 0.29) is 5.56 Å². The van der Waals surface area contributed by atoms with E-state index in [9.17, 15) is 4.79 Å². The van der Waals surface area contributed by atoms with Gasteiger partial charge in [0.15, 0.2) is 0 Å². The molecular formula is C14H11IO3S. The molecule has 0 unspecified atom stereocenters. The Morgan fingerprint density at radius 1 is 1.16 bits per heavy atom. The third kappa shape index (κ3) is 3.63. The van der Waals surface area contributed by atoms with Gasteiger partial charge in [-0.3, -0.25) is 0 Å². The molecule has 0 heterocycles. The van der Waals surface area contributed by atoms with Crippen molar-refractivity contribution in [1.29, 1.82) is 0 Å². The molecular weight excluding hydrogens is 375 g/mol. The fourth-order valence-electron chi connectivity index (χ4n) is 1.55. The first-order valence-corrected chi connectivity index (χ1v) is 7.34. The van der Waals surface area contributed by atoms with Gasteiger partial charge in [-0.2, -0.15) is 0 Å². The van der Waals surface area contributed by atoms with Gasteiger partial charge in [0.1, 0.15) is 11.3 Å². The molecule has 0 radical (unpaired) electrons. The van der Waals surface area contributed by atoms with Gasteiger partial charge >= 0.3 is 5.97 Å². The monoisotopic (exact) mass is 386 g/mol. The second kappa shape index (κ2) is 6.29. The average Bonchev–Trinajstić information content (AvgIpc) is 2.41. The van der Waals surface area contributed by atoms with Gasteiger partial charge in [-0.25, -0.2) is 4.79 Å². The third-order valence-corrected chi connectivity index (χ3v) is 4.17. The summed E-state index contributed by atoms with van der Waals surface area (Å²) in [4.78, 5) is 13.0. The van der Waals surface area contributed by atoms with Crippen molar-refractivity contribution in [2.45, 2.75) is 9.79 Å². The zero-order chi connectivity index (χ0) is 13.8. The molecule has 0 saturated heterocycles. The molecule has 3 nitrogen and oxygen atoms in total. The molecule has 0 amide bonds. The summed E-state index contributed by atoms with van der Waals surface area (Å²) < 4.78 is 6.29. The molecule has 2 aromatic rings. The Morgan fingerprint density at radius 2 is 1.79 bits per heavy atom. The Kier molecular flexibility index (Phi) is 4.71. The number of halogens is 1. The first-order chi connectivity index (χ1) is 9.10. The van der Waals surface area contributed by atoms with Crippen molar-refractivity contribution in [3.63, 3.8) is 0 Å². The molecule has 0 saturated carbocycles. The predicted octanol–water partition coefficient (Wildman–Crippen LogP) is 4.15. The maximum Gasteiger partial charge on any atom is 0.339 e. The first-order valence-electron chi connectivity index (χ1n) is 5.45. The van der Waals surface area contributed by atoms with Crippen molar-refractivity contribution in [3.05, 3.63) is 51.6 Å². The van der Waals surface area contributed by atoms with Crippen LogP contribution in [-0.2, 0) is 0 Å². The number of ether oxygens (including phenoxy) is 1. The highest BCUT2D eigenvalue weighted by Gasteiger charge is 2.11. The van der Waals surface area contributed by atoms with Crippen LogP contribution in [0.5, 0.6) is 5.75 Å². The minimum absolute atomic E-state index is 0.175. The minimum Gasteiger partial charge on any atom is -0.496 e. The van der Waals surface area contributed by atoms with Crippen LogP contribution in [0.2, 0.25) is 0 Å². The predicted molar refractivity (Wildman–Crippen MR) is 83.2 cm³/mol. The van der Waals surface area contributed by atoms with Gasteiger partial charge in [-0.15, -0.1) is 0 Å². The molecule has 98 valence electrons. The van der Waals surface area contributed by atoms with Crippen LogP contribution in [0.1, 0.15) is 10.4 Å². The van der Waals surface area contributed by atoms with Crippen LogP contribution < -0.4 is 4.74 Å². The molecule has 0 aromatic heterocycles. The van der Waals surface area contributed by atoms with E-state index < -0.39 is 5.97 Å². The Balaban J connectivity index is 2.26. The summed E-state index contributed by atoms with van der Waals surface area (Å²) >= 11 is 3.83. The zero-order valence-corrected chi connectivity index (χ0v) is 13.1. The van der Waals surface area contributed by atoms with Crippen LogP contribution in [0, 0.1) is 3.57 Å². The highest BCUT2D eigenvalue weighted by molar-refractivity contribution is 14.1. The second-order valence-corrected chi connectivity index (χ2v) is 6.12. The summed E-state index contributed by atoms with van der Waals surface area (Å²) in [7, 11) is 1.47. The third-order valence-electron chi connectivity index (χ3n) is 2.45. The Labute approximate surface area is 129 Å². The van der Waals surface area contributed by atoms with E-state index in [1.807, 2.05) is 24.3 Å². The number of aromatic carboxylic acids is 1. The standard InChI is InChI=1S/C14H11IO3S/c1-18-13-8-11(6-7-12(13)14(16)17)19-10-4-2-9(15)3-5-10/h2-8H,1H3,(H,16,17). The highest BCUT2D eigenvalue weighted by Crippen LogP contribution is 2.32. The normalized spacial score (nSPS) is 10.2. The number of hydrogen-bond acceptors (Lipinski definition) is 3. The van der Waals surface area contributed by atoms with Gasteiger partial charge in [0.2, 0.25) is 0 Å². The van der Waals surface area contributed by atoms with E-state index in [4.69, 9.17) is 9.84 Å². The SMILES string of the molecule is COc1cc(Sc2ccc(I)cc2)ccc1C(=O)O. The topological polar surface area (TPSA) is 46.5 Å². The molecule has 0 aliphatic heterocycles. The van der Waals surface area contributed by atoms with Crippen LogP contribution in [0.15, 0.2) is 52.3 Å². The van der Waals surface area contributed by atoms with Crippen LogP contribution in [0.25, 0.3) is 0 Å². The quantitative estimate of drug-likeness (QED) is 0.803. The molecule has 2 rings (SSSR count). The Morgan fingerprint density at radius 3 is 2.37 bits per heavy atom. The van der Waals surface area contributed by atoms with Crippen molar-refractivity contribution in [3.8, 4) is 5.75 Å². The smallest absolute Gasteiger partial charge is 0.339 e. The summed E-state index contributed by atoms with van der Waals surface area (Å²) in [5.74, 6) is -0.606. The van der Waals surface area contributed by atoms with Crippen molar-refractivity contribution in [2.75, 3.05) is 7.11 Å². The van der Waals surface area contributed by atoms with Crippen molar-refractivity contribution in [1.82, 2.24) is 0 Å². The first kappa shape index (κ1) is 14.2. The Hall–Kier alpha value is -1.21. The molecule has 0 fully saturated rings. The number of carboxylic acids is 1. The van der Waals surface area contributed by atoms with Crippen LogP contribution in [0.4, 0.5) is 0 Å². The van der Waals surface area contributed by atoms with Gasteiger partial charge < -0.3 is 9.84 Å². The lowest BCUT2D eigenvalue weighted by molar-refractivity contribution is 0.0693. The number of carboxylic acid groups (broad SMARTS) is 1. The summed E-state index contributed by atoms with van der Waals surface area (Å²) in [5, 5.41) is 9.02. The summed E-state index contributed by atoms with van der Waals surface area (Å²) in [6.45, 7) is 0. The lowest BCUT2D eigenvalue weighted by Crippen LogP contribution is -2.00. The molecule has 19 heavy (non-hydrogen) atoms. The zero-order valence-electron chi connectivity index (χ0n) is 10.1. The van der Waals surface area contributed by atoms with E-state index in [2.05, 4.69) is 22.6 Å². The summed E-state index contributed by atoms with van der Waals surface area (Å²) in [6.07, 6.45) is 0. The van der Waals surface area contributed by atoms with E-state index in [1.54, 1.807) is 30.0 Å². The largest absolute Gasteiger partial charge is 0.496 e. The molecule has 0 aliphatic carbocycles. The average molecular weight is 386 g/mol. The van der Waals surface area contributed by atoms with Crippen LogP contribution in [0.3, 0.4) is 0 Å². The number of carbonyl (C=O) groups is 1. The number of rotatable bonds is 4. The van der Waals surface area contributed by atoms with Gasteiger partial charge in [-0.05, 0) is 65.1 Å². The molecule has 2 aromatic carbocycles. The fourth-order valence-corrected chi connectivity index (χ4v) is 2.76. The number of benzene rings is 2. The van der Waals surface area contributed by atoms with E-state index in [0.717, 1.165) is 9.79 Å². The van der Waals surface area contributed by atoms with Crippen LogP contribution >= 0.6 is 34.4 Å². The number of methoxy groups -OCH3 is 1. The lowest BCUT2D eigenvalue weighted by Gasteiger charge is -2.07. The van der Waals surface area contributed by atoms with Crippen LogP contribution in [-0.4, -0.2) is 18.2 Å². The van der Waals surface area contributed by atoms with Crippen molar-refractivity contribution in [2.24, 2.45) is 0 Å². The number of hydrogen-bond donors (Lipinski definition) is 1. The molecule has 1 N–H and O–H groups in total. The van der Waals surface area contributed by atoms with Gasteiger partial charge in [0.25, 0.3) is 0 Å². The maximum absolute atomic E-state index is 11.0. The van der Waals surface area contributed by atoms with Gasteiger partial charge in [0.05, 0.1) is 7.11 Å². The summed E-state index contributed by atoms with van der Waals surface area (Å²) in [5.41, 5.74) is 0.175. The summed E-state index contributed by atoms with van der Waals surface area (Å²) in [6, 6.07) is 13.2. The maximum atomic E-state index is 11.0. The lowest BCUT2D eigenvalue weighted by atomic mass is 10.2. The van der Waals surface area contributed by atoms with E-state index >= 15 is 0 Å².